The number of hydrogen-bond acceptors (Lipinski definition) is 9. The van der Waals surface area contributed by atoms with Crippen LogP contribution in [0, 0.1) is 5.92 Å². The number of aromatic nitrogens is 2. The summed E-state index contributed by atoms with van der Waals surface area (Å²) in [4.78, 5) is 46.6. The van der Waals surface area contributed by atoms with Gasteiger partial charge in [-0.1, -0.05) is 85.7 Å². The summed E-state index contributed by atoms with van der Waals surface area (Å²) in [6, 6.07) is 18.2. The van der Waals surface area contributed by atoms with Gasteiger partial charge in [-0.3, -0.25) is 4.79 Å². The number of aliphatic hydroxyl groups is 1. The van der Waals surface area contributed by atoms with Crippen LogP contribution < -0.4 is 16.0 Å². The third kappa shape index (κ3) is 12.3. The fraction of sp³-hybridized carbons (Fsp3) is 0.425. The van der Waals surface area contributed by atoms with Gasteiger partial charge in [0.2, 0.25) is 5.91 Å². The summed E-state index contributed by atoms with van der Waals surface area (Å²) in [5.41, 5.74) is 3.94. The van der Waals surface area contributed by atoms with Gasteiger partial charge in [-0.05, 0) is 67.6 Å². The predicted molar refractivity (Wildman–Crippen MR) is 204 cm³/mol. The van der Waals surface area contributed by atoms with Crippen molar-refractivity contribution in [2.45, 2.75) is 96.2 Å². The van der Waals surface area contributed by atoms with E-state index in [9.17, 15) is 19.5 Å². The summed E-state index contributed by atoms with van der Waals surface area (Å²) in [7, 11) is 1.69. The summed E-state index contributed by atoms with van der Waals surface area (Å²) in [6.07, 6.45) is 7.23. The number of benzene rings is 2. The van der Waals surface area contributed by atoms with Crippen LogP contribution in [0.4, 0.5) is 9.59 Å². The molecule has 2 aromatic carbocycles. The lowest BCUT2D eigenvalue weighted by Crippen LogP contribution is -2.55. The Kier molecular flexibility index (Phi) is 14.6. The standard InChI is InChI=1S/C40H50N6O6S/c1-27(2)36(45-39(49)46(3)24-32-26-53-38(43-32)30-17-11-6-12-18-30)37(48)42-31(21-28-13-7-4-8-14-28)23-35(47)34(22-29-15-9-5-10-16-29)44-40(50)51-25-33-19-20-41-52-33/h4-5,7-10,13-17,19-20,26-27,31,34-36,47H,6,11-12,18,21-25H2,1-3H3,(H,42,48)(H,44,50)(H,45,49)/t31-,34-,35-,36-/m0/s1. The summed E-state index contributed by atoms with van der Waals surface area (Å²) in [5, 5.41) is 27.2. The Morgan fingerprint density at radius 3 is 2.32 bits per heavy atom. The molecule has 0 spiro atoms. The number of ether oxygens (including phenoxy) is 1. The number of aliphatic hydroxyl groups excluding tert-OH is 1. The monoisotopic (exact) mass is 742 g/mol. The van der Waals surface area contributed by atoms with Crippen LogP contribution in [0.15, 0.2) is 88.9 Å². The molecule has 1 aliphatic rings. The van der Waals surface area contributed by atoms with Crippen molar-refractivity contribution in [3.8, 4) is 0 Å². The number of hydrogen-bond donors (Lipinski definition) is 4. The number of nitrogens with one attached hydrogen (secondary N) is 3. The molecule has 12 nitrogen and oxygen atoms in total. The zero-order valence-electron chi connectivity index (χ0n) is 30.6. The lowest BCUT2D eigenvalue weighted by Gasteiger charge is -2.30. The van der Waals surface area contributed by atoms with Crippen molar-refractivity contribution >= 4 is 34.9 Å². The summed E-state index contributed by atoms with van der Waals surface area (Å²) >= 11 is 1.59. The fourth-order valence-electron chi connectivity index (χ4n) is 6.29. The zero-order chi connectivity index (χ0) is 37.6. The lowest BCUT2D eigenvalue weighted by molar-refractivity contribution is -0.124. The van der Waals surface area contributed by atoms with Gasteiger partial charge in [0.25, 0.3) is 0 Å². The molecule has 13 heteroatoms. The zero-order valence-corrected chi connectivity index (χ0v) is 31.4. The van der Waals surface area contributed by atoms with E-state index < -0.39 is 30.3 Å². The topological polar surface area (TPSA) is 159 Å². The average molecular weight is 743 g/mol. The molecule has 1 aliphatic carbocycles. The van der Waals surface area contributed by atoms with E-state index in [2.05, 4.69) is 27.2 Å². The Labute approximate surface area is 315 Å². The van der Waals surface area contributed by atoms with E-state index in [-0.39, 0.29) is 30.9 Å². The van der Waals surface area contributed by atoms with Crippen molar-refractivity contribution in [1.82, 2.24) is 31.0 Å². The summed E-state index contributed by atoms with van der Waals surface area (Å²) in [6.45, 7) is 3.94. The molecule has 0 saturated heterocycles. The molecule has 0 aliphatic heterocycles. The van der Waals surface area contributed by atoms with Crippen molar-refractivity contribution in [2.24, 2.45) is 5.92 Å². The molecule has 4 amide bonds. The molecule has 2 heterocycles. The van der Waals surface area contributed by atoms with E-state index in [1.165, 1.54) is 23.1 Å². The van der Waals surface area contributed by atoms with Gasteiger partial charge in [-0.2, -0.15) is 0 Å². The Bertz CT molecular complexity index is 1760. The second-order valence-electron chi connectivity index (χ2n) is 13.8. The predicted octanol–water partition coefficient (Wildman–Crippen LogP) is 6.27. The Morgan fingerprint density at radius 1 is 0.962 bits per heavy atom. The third-order valence-corrected chi connectivity index (χ3v) is 10.2. The Hall–Kier alpha value is -5.01. The molecule has 2 aromatic heterocycles. The van der Waals surface area contributed by atoms with Crippen molar-refractivity contribution in [1.29, 1.82) is 0 Å². The summed E-state index contributed by atoms with van der Waals surface area (Å²) < 4.78 is 10.4. The highest BCUT2D eigenvalue weighted by atomic mass is 32.1. The van der Waals surface area contributed by atoms with Gasteiger partial charge in [-0.15, -0.1) is 11.3 Å². The van der Waals surface area contributed by atoms with Crippen LogP contribution in [0.3, 0.4) is 0 Å². The highest BCUT2D eigenvalue weighted by molar-refractivity contribution is 7.10. The maximum absolute atomic E-state index is 14.0. The molecular weight excluding hydrogens is 693 g/mol. The number of thiazole rings is 1. The quantitative estimate of drug-likeness (QED) is 0.0986. The highest BCUT2D eigenvalue weighted by Crippen LogP contribution is 2.29. The van der Waals surface area contributed by atoms with E-state index in [1.54, 1.807) is 24.5 Å². The van der Waals surface area contributed by atoms with Gasteiger partial charge in [0.1, 0.15) is 11.0 Å². The third-order valence-electron chi connectivity index (χ3n) is 9.19. The molecule has 0 saturated carbocycles. The normalized spacial score (nSPS) is 15.1. The van der Waals surface area contributed by atoms with Crippen molar-refractivity contribution in [2.75, 3.05) is 7.05 Å². The molecular formula is C40H50N6O6S. The number of carbonyl (C=O) groups is 3. The average Bonchev–Trinajstić information content (AvgIpc) is 3.86. The number of nitrogens with zero attached hydrogens (tertiary/aromatic N) is 3. The first-order valence-electron chi connectivity index (χ1n) is 18.2. The van der Waals surface area contributed by atoms with Crippen LogP contribution in [0.1, 0.15) is 73.5 Å². The van der Waals surface area contributed by atoms with E-state index in [4.69, 9.17) is 14.2 Å². The van der Waals surface area contributed by atoms with Gasteiger partial charge in [-0.25, -0.2) is 14.6 Å². The number of amides is 4. The molecule has 0 unspecified atom stereocenters. The van der Waals surface area contributed by atoms with Gasteiger partial charge in [0.15, 0.2) is 12.4 Å². The van der Waals surface area contributed by atoms with Crippen LogP contribution in [-0.2, 0) is 35.5 Å². The van der Waals surface area contributed by atoms with E-state index in [0.29, 0.717) is 25.1 Å². The van der Waals surface area contributed by atoms with E-state index in [1.807, 2.05) is 79.9 Å². The molecule has 4 aromatic rings. The molecule has 282 valence electrons. The van der Waals surface area contributed by atoms with Crippen LogP contribution in [-0.4, -0.2) is 69.5 Å². The number of urea groups is 1. The molecule has 5 rings (SSSR count). The SMILES string of the molecule is CC(C)[C@H](NC(=O)N(C)Cc1csc(C2=CCCCC2)n1)C(=O)N[C@@H](Cc1ccccc1)C[C@H](O)[C@H](Cc1ccccc1)NC(=O)OCc1ccno1. The molecule has 4 atom stereocenters. The number of alkyl carbamates (subject to hydrolysis) is 1. The van der Waals surface area contributed by atoms with Crippen LogP contribution in [0.2, 0.25) is 0 Å². The van der Waals surface area contributed by atoms with Crippen molar-refractivity contribution < 1.29 is 28.8 Å². The largest absolute Gasteiger partial charge is 0.441 e. The number of allylic oxidation sites excluding steroid dienone is 2. The Balaban J connectivity index is 1.25. The Morgan fingerprint density at radius 2 is 1.68 bits per heavy atom. The minimum atomic E-state index is -1.08. The molecule has 4 N–H and O–H groups in total. The first-order chi connectivity index (χ1) is 25.6. The molecule has 0 bridgehead atoms. The summed E-state index contributed by atoms with van der Waals surface area (Å²) in [5.74, 6) is -0.215. The van der Waals surface area contributed by atoms with Gasteiger partial charge in [0, 0.05) is 24.5 Å². The minimum Gasteiger partial charge on any atom is -0.441 e. The van der Waals surface area contributed by atoms with Gasteiger partial charge < -0.3 is 35.2 Å². The lowest BCUT2D eigenvalue weighted by atomic mass is 9.93. The van der Waals surface area contributed by atoms with Crippen LogP contribution in [0.25, 0.3) is 5.57 Å². The minimum absolute atomic E-state index is 0.113. The van der Waals surface area contributed by atoms with Gasteiger partial charge >= 0.3 is 12.1 Å². The number of carbonyl (C=O) groups excluding carboxylic acids is 3. The first kappa shape index (κ1) is 39.2. The number of rotatable bonds is 17. The smallest absolute Gasteiger partial charge is 0.407 e. The molecule has 53 heavy (non-hydrogen) atoms. The van der Waals surface area contributed by atoms with Crippen molar-refractivity contribution in [3.05, 3.63) is 112 Å². The highest BCUT2D eigenvalue weighted by Gasteiger charge is 2.31. The second kappa shape index (κ2) is 19.7. The van der Waals surface area contributed by atoms with Crippen molar-refractivity contribution in [3.63, 3.8) is 0 Å². The van der Waals surface area contributed by atoms with E-state index in [0.717, 1.165) is 41.1 Å². The van der Waals surface area contributed by atoms with Gasteiger partial charge in [0.05, 0.1) is 30.6 Å². The maximum Gasteiger partial charge on any atom is 0.407 e. The first-order valence-corrected chi connectivity index (χ1v) is 19.1. The molecule has 0 radical (unpaired) electrons. The maximum atomic E-state index is 14.0. The fourth-order valence-corrected chi connectivity index (χ4v) is 7.17. The van der Waals surface area contributed by atoms with Crippen LogP contribution >= 0.6 is 11.3 Å². The second-order valence-corrected chi connectivity index (χ2v) is 14.7. The van der Waals surface area contributed by atoms with E-state index >= 15 is 0 Å². The molecule has 0 fully saturated rings. The van der Waals surface area contributed by atoms with Crippen LogP contribution in [0.5, 0.6) is 0 Å².